The standard InChI is InChI=1S/C13H16FN3O/c1-8(2)9(3)16-13(18)17-12-5-4-11(14)6-10(12)7-15/h4-6,8-9H,1-3H3,(H2,16,17,18). The predicted molar refractivity (Wildman–Crippen MR) is 67.6 cm³/mol. The number of hydrogen-bond acceptors (Lipinski definition) is 2. The lowest BCUT2D eigenvalue weighted by Crippen LogP contribution is -2.39. The van der Waals surface area contributed by atoms with E-state index in [1.54, 1.807) is 0 Å². The molecule has 1 aromatic rings. The summed E-state index contributed by atoms with van der Waals surface area (Å²) in [7, 11) is 0. The summed E-state index contributed by atoms with van der Waals surface area (Å²) in [5.74, 6) is -0.201. The first kappa shape index (κ1) is 14.0. The number of anilines is 1. The van der Waals surface area contributed by atoms with E-state index in [1.165, 1.54) is 12.1 Å². The van der Waals surface area contributed by atoms with Gasteiger partial charge < -0.3 is 10.6 Å². The van der Waals surface area contributed by atoms with E-state index in [0.717, 1.165) is 6.07 Å². The van der Waals surface area contributed by atoms with Gasteiger partial charge in [-0.2, -0.15) is 5.26 Å². The molecule has 0 saturated heterocycles. The fourth-order valence-electron chi connectivity index (χ4n) is 1.25. The summed E-state index contributed by atoms with van der Waals surface area (Å²) in [6.45, 7) is 5.87. The number of nitrogens with one attached hydrogen (secondary N) is 2. The molecule has 0 radical (unpaired) electrons. The van der Waals surface area contributed by atoms with E-state index < -0.39 is 11.8 Å². The molecule has 2 N–H and O–H groups in total. The molecule has 0 aliphatic heterocycles. The van der Waals surface area contributed by atoms with Gasteiger partial charge in [0.05, 0.1) is 11.3 Å². The van der Waals surface area contributed by atoms with E-state index >= 15 is 0 Å². The summed E-state index contributed by atoms with van der Waals surface area (Å²) in [5, 5.41) is 14.1. The molecule has 0 spiro atoms. The third-order valence-electron chi connectivity index (χ3n) is 2.71. The topological polar surface area (TPSA) is 64.9 Å². The fraction of sp³-hybridized carbons (Fsp3) is 0.385. The molecule has 4 nitrogen and oxygen atoms in total. The molecule has 0 saturated carbocycles. The Bertz CT molecular complexity index is 480. The lowest BCUT2D eigenvalue weighted by Gasteiger charge is -2.18. The second-order valence-electron chi connectivity index (χ2n) is 4.43. The predicted octanol–water partition coefficient (Wildman–Crippen LogP) is 2.86. The maximum atomic E-state index is 12.9. The Morgan fingerprint density at radius 2 is 2.06 bits per heavy atom. The lowest BCUT2D eigenvalue weighted by atomic mass is 10.1. The van der Waals surface area contributed by atoms with Crippen LogP contribution in [0.3, 0.4) is 0 Å². The number of nitrogens with zero attached hydrogens (tertiary/aromatic N) is 1. The number of rotatable bonds is 3. The summed E-state index contributed by atoms with van der Waals surface area (Å²) in [4.78, 5) is 11.7. The van der Waals surface area contributed by atoms with Gasteiger partial charge in [-0.1, -0.05) is 13.8 Å². The summed E-state index contributed by atoms with van der Waals surface area (Å²) >= 11 is 0. The van der Waals surface area contributed by atoms with Crippen LogP contribution in [0.1, 0.15) is 26.3 Å². The minimum atomic E-state index is -0.506. The van der Waals surface area contributed by atoms with Crippen molar-refractivity contribution in [1.82, 2.24) is 5.32 Å². The molecule has 96 valence electrons. The van der Waals surface area contributed by atoms with Crippen LogP contribution in [-0.2, 0) is 0 Å². The molecule has 1 atom stereocenters. The summed E-state index contributed by atoms with van der Waals surface area (Å²) in [5.41, 5.74) is 0.398. The SMILES string of the molecule is CC(C)C(C)NC(=O)Nc1ccc(F)cc1C#N. The first-order valence-corrected chi connectivity index (χ1v) is 5.71. The second-order valence-corrected chi connectivity index (χ2v) is 4.43. The van der Waals surface area contributed by atoms with E-state index in [2.05, 4.69) is 10.6 Å². The van der Waals surface area contributed by atoms with Crippen molar-refractivity contribution in [2.24, 2.45) is 5.92 Å². The van der Waals surface area contributed by atoms with Gasteiger partial charge >= 0.3 is 6.03 Å². The van der Waals surface area contributed by atoms with Crippen molar-refractivity contribution in [3.63, 3.8) is 0 Å². The van der Waals surface area contributed by atoms with Gasteiger partial charge in [-0.05, 0) is 31.0 Å². The second kappa shape index (κ2) is 6.01. The van der Waals surface area contributed by atoms with Crippen LogP contribution in [0, 0.1) is 23.1 Å². The molecule has 18 heavy (non-hydrogen) atoms. The first-order valence-electron chi connectivity index (χ1n) is 5.71. The van der Waals surface area contributed by atoms with Crippen LogP contribution >= 0.6 is 0 Å². The van der Waals surface area contributed by atoms with E-state index in [9.17, 15) is 9.18 Å². The van der Waals surface area contributed by atoms with Gasteiger partial charge in [-0.15, -0.1) is 0 Å². The van der Waals surface area contributed by atoms with Gasteiger partial charge in [-0.25, -0.2) is 9.18 Å². The largest absolute Gasteiger partial charge is 0.335 e. The van der Waals surface area contributed by atoms with Crippen molar-refractivity contribution in [2.45, 2.75) is 26.8 Å². The van der Waals surface area contributed by atoms with Gasteiger partial charge in [0.25, 0.3) is 0 Å². The zero-order chi connectivity index (χ0) is 13.7. The van der Waals surface area contributed by atoms with Crippen LogP contribution in [-0.4, -0.2) is 12.1 Å². The van der Waals surface area contributed by atoms with Crippen LogP contribution in [0.15, 0.2) is 18.2 Å². The molecule has 0 aliphatic carbocycles. The summed E-state index contributed by atoms with van der Waals surface area (Å²) in [6.07, 6.45) is 0. The Kier molecular flexibility index (Phi) is 4.67. The first-order chi connectivity index (χ1) is 8.43. The quantitative estimate of drug-likeness (QED) is 0.865. The zero-order valence-corrected chi connectivity index (χ0v) is 10.6. The maximum Gasteiger partial charge on any atom is 0.319 e. The minimum absolute atomic E-state index is 0.0102. The zero-order valence-electron chi connectivity index (χ0n) is 10.6. The molecule has 5 heteroatoms. The Morgan fingerprint density at radius 1 is 1.39 bits per heavy atom. The van der Waals surface area contributed by atoms with E-state index in [4.69, 9.17) is 5.26 Å². The van der Waals surface area contributed by atoms with Gasteiger partial charge in [-0.3, -0.25) is 0 Å². The Balaban J connectivity index is 2.74. The van der Waals surface area contributed by atoms with Gasteiger partial charge in [0.15, 0.2) is 0 Å². The molecule has 0 fully saturated rings. The van der Waals surface area contributed by atoms with Crippen LogP contribution in [0.4, 0.5) is 14.9 Å². The van der Waals surface area contributed by atoms with E-state index in [-0.39, 0.29) is 11.6 Å². The highest BCUT2D eigenvalue weighted by atomic mass is 19.1. The number of carbonyl (C=O) groups is 1. The highest BCUT2D eigenvalue weighted by Gasteiger charge is 2.12. The molecule has 0 heterocycles. The number of benzene rings is 1. The number of nitriles is 1. The average molecular weight is 249 g/mol. The molecule has 2 amide bonds. The average Bonchev–Trinajstić information content (AvgIpc) is 2.31. The molecule has 0 aromatic heterocycles. The number of halogens is 1. The molecular formula is C13H16FN3O. The number of amides is 2. The summed E-state index contributed by atoms with van der Waals surface area (Å²) < 4.78 is 12.9. The maximum absolute atomic E-state index is 12.9. The lowest BCUT2D eigenvalue weighted by molar-refractivity contribution is 0.246. The van der Waals surface area contributed by atoms with Crippen molar-refractivity contribution in [3.05, 3.63) is 29.6 Å². The molecule has 0 bridgehead atoms. The fourth-order valence-corrected chi connectivity index (χ4v) is 1.25. The highest BCUT2D eigenvalue weighted by molar-refractivity contribution is 5.90. The van der Waals surface area contributed by atoms with Crippen LogP contribution in [0.2, 0.25) is 0 Å². The summed E-state index contributed by atoms with van der Waals surface area (Å²) in [6, 6.07) is 5.09. The third kappa shape index (κ3) is 3.74. The van der Waals surface area contributed by atoms with Gasteiger partial charge in [0, 0.05) is 6.04 Å². The molecule has 1 rings (SSSR count). The van der Waals surface area contributed by atoms with Crippen molar-refractivity contribution < 1.29 is 9.18 Å². The Hall–Kier alpha value is -2.09. The van der Waals surface area contributed by atoms with Crippen molar-refractivity contribution >= 4 is 11.7 Å². The molecular weight excluding hydrogens is 233 g/mol. The van der Waals surface area contributed by atoms with Gasteiger partial charge in [0.2, 0.25) is 0 Å². The van der Waals surface area contributed by atoms with Gasteiger partial charge in [0.1, 0.15) is 11.9 Å². The van der Waals surface area contributed by atoms with Crippen molar-refractivity contribution in [3.8, 4) is 6.07 Å². The monoisotopic (exact) mass is 249 g/mol. The van der Waals surface area contributed by atoms with Crippen LogP contribution in [0.25, 0.3) is 0 Å². The van der Waals surface area contributed by atoms with E-state index in [1.807, 2.05) is 26.8 Å². The number of urea groups is 1. The number of hydrogen-bond donors (Lipinski definition) is 2. The third-order valence-corrected chi connectivity index (χ3v) is 2.71. The molecule has 1 unspecified atom stereocenters. The molecule has 0 aliphatic rings. The smallest absolute Gasteiger partial charge is 0.319 e. The Labute approximate surface area is 106 Å². The highest BCUT2D eigenvalue weighted by Crippen LogP contribution is 2.15. The number of carbonyl (C=O) groups excluding carboxylic acids is 1. The molecule has 1 aromatic carbocycles. The van der Waals surface area contributed by atoms with Crippen LogP contribution < -0.4 is 10.6 Å². The minimum Gasteiger partial charge on any atom is -0.335 e. The van der Waals surface area contributed by atoms with Crippen molar-refractivity contribution in [2.75, 3.05) is 5.32 Å². The van der Waals surface area contributed by atoms with Crippen molar-refractivity contribution in [1.29, 1.82) is 5.26 Å². The normalized spacial score (nSPS) is 11.8. The van der Waals surface area contributed by atoms with Crippen LogP contribution in [0.5, 0.6) is 0 Å². The van der Waals surface area contributed by atoms with E-state index in [0.29, 0.717) is 11.6 Å². The Morgan fingerprint density at radius 3 is 2.61 bits per heavy atom.